The lowest BCUT2D eigenvalue weighted by Crippen LogP contribution is -2.49. The number of likely N-dealkylation sites (tertiary alicyclic amines) is 1. The van der Waals surface area contributed by atoms with Crippen LogP contribution < -0.4 is 0 Å². The molecule has 0 atom stereocenters. The Kier molecular flexibility index (Phi) is 5.50. The van der Waals surface area contributed by atoms with E-state index in [0.717, 1.165) is 27.2 Å². The fourth-order valence-corrected chi connectivity index (χ4v) is 5.86. The number of methoxy groups -OCH3 is 1. The summed E-state index contributed by atoms with van der Waals surface area (Å²) in [5, 5.41) is 5.66. The molecule has 1 fully saturated rings. The molecule has 2 aromatic carbocycles. The molecule has 1 aliphatic heterocycles. The van der Waals surface area contributed by atoms with Gasteiger partial charge < -0.3 is 9.64 Å². The van der Waals surface area contributed by atoms with Crippen LogP contribution in [-0.2, 0) is 14.9 Å². The first-order valence-corrected chi connectivity index (χ1v) is 11.8. The zero-order chi connectivity index (χ0) is 23.0. The van der Waals surface area contributed by atoms with Crippen LogP contribution in [0.4, 0.5) is 0 Å². The number of thiophene rings is 1. The molecule has 1 saturated heterocycles. The zero-order valence-corrected chi connectivity index (χ0v) is 19.5. The predicted octanol–water partition coefficient (Wildman–Crippen LogP) is 4.74. The van der Waals surface area contributed by atoms with Crippen molar-refractivity contribution in [1.29, 1.82) is 0 Å². The summed E-state index contributed by atoms with van der Waals surface area (Å²) in [6.07, 6.45) is 1.08. The van der Waals surface area contributed by atoms with E-state index in [-0.39, 0.29) is 11.9 Å². The number of ether oxygens (including phenoxy) is 1. The number of rotatable bonds is 4. The second-order valence-corrected chi connectivity index (χ2v) is 9.42. The van der Waals surface area contributed by atoms with Gasteiger partial charge in [0.15, 0.2) is 0 Å². The van der Waals surface area contributed by atoms with Crippen molar-refractivity contribution in [3.63, 3.8) is 0 Å². The maximum atomic E-state index is 13.4. The second-order valence-electron chi connectivity index (χ2n) is 8.39. The maximum absolute atomic E-state index is 13.4. The SMILES string of the molecule is COC(=O)C1(c2ccccc2)CCN(C(=O)c2cc3c(C)nn(-c4ccccc4)c3s2)CC1. The van der Waals surface area contributed by atoms with Crippen molar-refractivity contribution in [2.45, 2.75) is 25.2 Å². The summed E-state index contributed by atoms with van der Waals surface area (Å²) >= 11 is 1.47. The highest BCUT2D eigenvalue weighted by molar-refractivity contribution is 7.20. The van der Waals surface area contributed by atoms with E-state index < -0.39 is 5.41 Å². The molecule has 2 aromatic heterocycles. The zero-order valence-electron chi connectivity index (χ0n) is 18.7. The number of nitrogens with zero attached hydrogens (tertiary/aromatic N) is 3. The quantitative estimate of drug-likeness (QED) is 0.414. The standard InChI is InChI=1S/C26H25N3O3S/c1-18-21-17-22(33-24(21)29(27-18)20-11-7-4-8-12-20)23(30)28-15-13-26(14-16-28,25(31)32-2)19-9-5-3-6-10-19/h3-12,17H,13-16H2,1-2H3. The topological polar surface area (TPSA) is 64.4 Å². The molecule has 5 rings (SSSR count). The van der Waals surface area contributed by atoms with E-state index in [1.54, 1.807) is 0 Å². The molecule has 33 heavy (non-hydrogen) atoms. The number of carbonyl (C=O) groups excluding carboxylic acids is 2. The molecule has 0 radical (unpaired) electrons. The largest absolute Gasteiger partial charge is 0.468 e. The van der Waals surface area contributed by atoms with E-state index in [1.165, 1.54) is 18.4 Å². The van der Waals surface area contributed by atoms with Crippen molar-refractivity contribution in [1.82, 2.24) is 14.7 Å². The van der Waals surface area contributed by atoms with Gasteiger partial charge in [0.25, 0.3) is 5.91 Å². The van der Waals surface area contributed by atoms with Crippen molar-refractivity contribution in [2.75, 3.05) is 20.2 Å². The Morgan fingerprint density at radius 3 is 2.27 bits per heavy atom. The number of benzene rings is 2. The molecule has 7 heteroatoms. The lowest BCUT2D eigenvalue weighted by Gasteiger charge is -2.39. The first kappa shape index (κ1) is 21.4. The summed E-state index contributed by atoms with van der Waals surface area (Å²) in [7, 11) is 1.43. The highest BCUT2D eigenvalue weighted by Crippen LogP contribution is 2.38. The van der Waals surface area contributed by atoms with Gasteiger partial charge in [-0.15, -0.1) is 11.3 Å². The second kappa shape index (κ2) is 8.48. The van der Waals surface area contributed by atoms with E-state index in [9.17, 15) is 9.59 Å². The number of piperidine rings is 1. The van der Waals surface area contributed by atoms with Crippen LogP contribution in [0.5, 0.6) is 0 Å². The van der Waals surface area contributed by atoms with Crippen LogP contribution in [0.1, 0.15) is 33.8 Å². The Labute approximate surface area is 196 Å². The number of para-hydroxylation sites is 1. The number of hydrogen-bond donors (Lipinski definition) is 0. The molecule has 3 heterocycles. The molecule has 0 aliphatic carbocycles. The van der Waals surface area contributed by atoms with E-state index >= 15 is 0 Å². The summed E-state index contributed by atoms with van der Waals surface area (Å²) in [6.45, 7) is 2.97. The number of fused-ring (bicyclic) bond motifs is 1. The molecule has 0 saturated carbocycles. The molecule has 0 bridgehead atoms. The van der Waals surface area contributed by atoms with Crippen LogP contribution in [0.25, 0.3) is 15.9 Å². The molecule has 1 amide bonds. The van der Waals surface area contributed by atoms with Gasteiger partial charge in [0.05, 0.1) is 28.8 Å². The molecule has 4 aromatic rings. The van der Waals surface area contributed by atoms with Crippen molar-refractivity contribution in [2.24, 2.45) is 0 Å². The van der Waals surface area contributed by atoms with Gasteiger partial charge in [0.2, 0.25) is 0 Å². The highest BCUT2D eigenvalue weighted by atomic mass is 32.1. The molecular weight excluding hydrogens is 434 g/mol. The number of aryl methyl sites for hydroxylation is 1. The van der Waals surface area contributed by atoms with Gasteiger partial charge in [-0.25, -0.2) is 4.68 Å². The first-order valence-electron chi connectivity index (χ1n) is 11.0. The normalized spacial score (nSPS) is 15.5. The minimum Gasteiger partial charge on any atom is -0.468 e. The van der Waals surface area contributed by atoms with E-state index in [2.05, 4.69) is 5.10 Å². The average Bonchev–Trinajstić information content (AvgIpc) is 3.44. The van der Waals surface area contributed by atoms with Crippen LogP contribution in [0.15, 0.2) is 66.7 Å². The first-order chi connectivity index (χ1) is 16.0. The van der Waals surface area contributed by atoms with E-state index in [1.807, 2.05) is 83.2 Å². The molecule has 6 nitrogen and oxygen atoms in total. The van der Waals surface area contributed by atoms with Crippen molar-refractivity contribution in [3.8, 4) is 5.69 Å². The Morgan fingerprint density at radius 1 is 1.00 bits per heavy atom. The number of carbonyl (C=O) groups is 2. The fourth-order valence-electron chi connectivity index (χ4n) is 4.71. The number of esters is 1. The van der Waals surface area contributed by atoms with E-state index in [4.69, 9.17) is 4.74 Å². The molecule has 1 aliphatic rings. The monoisotopic (exact) mass is 459 g/mol. The predicted molar refractivity (Wildman–Crippen MR) is 129 cm³/mol. The summed E-state index contributed by atoms with van der Waals surface area (Å²) in [5.41, 5.74) is 2.11. The lowest BCUT2D eigenvalue weighted by molar-refractivity contribution is -0.149. The van der Waals surface area contributed by atoms with Crippen molar-refractivity contribution in [3.05, 3.63) is 82.9 Å². The Morgan fingerprint density at radius 2 is 1.64 bits per heavy atom. The van der Waals surface area contributed by atoms with Gasteiger partial charge >= 0.3 is 5.97 Å². The number of hydrogen-bond acceptors (Lipinski definition) is 5. The van der Waals surface area contributed by atoms with E-state index in [0.29, 0.717) is 30.8 Å². The van der Waals surface area contributed by atoms with Gasteiger partial charge in [-0.05, 0) is 43.5 Å². The van der Waals surface area contributed by atoms with Crippen LogP contribution >= 0.6 is 11.3 Å². The Hall–Kier alpha value is -3.45. The summed E-state index contributed by atoms with van der Waals surface area (Å²) in [5.74, 6) is -0.233. The van der Waals surface area contributed by atoms with Crippen LogP contribution in [-0.4, -0.2) is 46.8 Å². The Bertz CT molecular complexity index is 1300. The number of amides is 1. The molecule has 168 valence electrons. The minimum atomic E-state index is -0.711. The third-order valence-electron chi connectivity index (χ3n) is 6.56. The molecule has 0 N–H and O–H groups in total. The van der Waals surface area contributed by atoms with Gasteiger partial charge in [0, 0.05) is 18.5 Å². The molecule has 0 spiro atoms. The Balaban J connectivity index is 1.41. The minimum absolute atomic E-state index is 0.00161. The van der Waals surface area contributed by atoms with Crippen LogP contribution in [0.2, 0.25) is 0 Å². The number of aromatic nitrogens is 2. The van der Waals surface area contributed by atoms with Crippen molar-refractivity contribution >= 4 is 33.4 Å². The smallest absolute Gasteiger partial charge is 0.316 e. The summed E-state index contributed by atoms with van der Waals surface area (Å²) < 4.78 is 7.08. The van der Waals surface area contributed by atoms with Gasteiger partial charge in [-0.3, -0.25) is 9.59 Å². The van der Waals surface area contributed by atoms with Crippen molar-refractivity contribution < 1.29 is 14.3 Å². The average molecular weight is 460 g/mol. The summed E-state index contributed by atoms with van der Waals surface area (Å²) in [4.78, 5) is 29.7. The fraction of sp³-hybridized carbons (Fsp3) is 0.269. The third-order valence-corrected chi connectivity index (χ3v) is 7.66. The summed E-state index contributed by atoms with van der Waals surface area (Å²) in [6, 6.07) is 21.6. The van der Waals surface area contributed by atoms with Gasteiger partial charge in [-0.2, -0.15) is 5.10 Å². The van der Waals surface area contributed by atoms with Crippen LogP contribution in [0, 0.1) is 6.92 Å². The molecule has 0 unspecified atom stereocenters. The maximum Gasteiger partial charge on any atom is 0.316 e. The third kappa shape index (κ3) is 3.62. The van der Waals surface area contributed by atoms with Gasteiger partial charge in [0.1, 0.15) is 4.83 Å². The van der Waals surface area contributed by atoms with Crippen LogP contribution in [0.3, 0.4) is 0 Å². The lowest BCUT2D eigenvalue weighted by atomic mass is 9.72. The molecular formula is C26H25N3O3S. The van der Waals surface area contributed by atoms with Gasteiger partial charge in [-0.1, -0.05) is 48.5 Å². The highest BCUT2D eigenvalue weighted by Gasteiger charge is 2.45.